The number of hydrogen-bond acceptors (Lipinski definition) is 3. The highest BCUT2D eigenvalue weighted by Gasteiger charge is 2.37. The van der Waals surface area contributed by atoms with Crippen LogP contribution in [0.1, 0.15) is 5.69 Å². The molecular weight excluding hydrogens is 248 g/mol. The third-order valence-electron chi connectivity index (χ3n) is 4.51. The van der Waals surface area contributed by atoms with Crippen molar-refractivity contribution < 1.29 is 0 Å². The average Bonchev–Trinajstić information content (AvgIpc) is 3.12. The number of hydrogen-bond donors (Lipinski definition) is 1. The molecule has 2 fully saturated rings. The van der Waals surface area contributed by atoms with Gasteiger partial charge in [-0.15, -0.1) is 0 Å². The predicted octanol–water partition coefficient (Wildman–Crippen LogP) is 1.84. The monoisotopic (exact) mass is 268 g/mol. The molecule has 20 heavy (non-hydrogen) atoms. The first-order valence-corrected chi connectivity index (χ1v) is 7.38. The third-order valence-corrected chi connectivity index (χ3v) is 4.51. The number of para-hydroxylation sites is 1. The molecule has 2 saturated heterocycles. The highest BCUT2D eigenvalue weighted by Crippen LogP contribution is 2.31. The van der Waals surface area contributed by atoms with Gasteiger partial charge in [0.1, 0.15) is 0 Å². The van der Waals surface area contributed by atoms with Crippen LogP contribution >= 0.6 is 0 Å². The molecular formula is C16H20N4. The number of nitrogens with zero attached hydrogens (tertiary/aromatic N) is 3. The number of imidazole rings is 1. The molecule has 0 spiro atoms. The lowest BCUT2D eigenvalue weighted by atomic mass is 10.0. The summed E-state index contributed by atoms with van der Waals surface area (Å²) in [7, 11) is 0. The molecule has 4 nitrogen and oxygen atoms in total. The fourth-order valence-corrected chi connectivity index (χ4v) is 3.51. The van der Waals surface area contributed by atoms with Crippen LogP contribution in [0.15, 0.2) is 36.5 Å². The van der Waals surface area contributed by atoms with Gasteiger partial charge in [-0.05, 0) is 30.9 Å². The van der Waals surface area contributed by atoms with Crippen LogP contribution in [-0.2, 0) is 0 Å². The van der Waals surface area contributed by atoms with E-state index in [1.807, 2.05) is 0 Å². The highest BCUT2D eigenvalue weighted by molar-refractivity contribution is 5.46. The number of nitrogens with one attached hydrogen (secondary N) is 1. The van der Waals surface area contributed by atoms with Crippen molar-refractivity contribution in [2.24, 2.45) is 11.8 Å². The predicted molar refractivity (Wildman–Crippen MR) is 80.4 cm³/mol. The first-order chi connectivity index (χ1) is 9.81. The molecule has 1 N–H and O–H groups in total. The maximum atomic E-state index is 4.76. The van der Waals surface area contributed by atoms with Crippen molar-refractivity contribution in [2.45, 2.75) is 6.92 Å². The summed E-state index contributed by atoms with van der Waals surface area (Å²) in [6.07, 6.45) is 2.14. The van der Waals surface area contributed by atoms with Crippen molar-refractivity contribution in [1.29, 1.82) is 0 Å². The van der Waals surface area contributed by atoms with E-state index in [2.05, 4.69) is 58.2 Å². The Balaban J connectivity index is 1.69. The molecule has 1 aromatic heterocycles. The van der Waals surface area contributed by atoms with Gasteiger partial charge in [-0.1, -0.05) is 18.2 Å². The summed E-state index contributed by atoms with van der Waals surface area (Å²) in [5.74, 6) is 2.68. The summed E-state index contributed by atoms with van der Waals surface area (Å²) in [6.45, 7) is 6.64. The summed E-state index contributed by atoms with van der Waals surface area (Å²) in [5, 5.41) is 3.49. The number of aryl methyl sites for hydroxylation is 1. The van der Waals surface area contributed by atoms with E-state index in [4.69, 9.17) is 4.98 Å². The van der Waals surface area contributed by atoms with Crippen molar-refractivity contribution in [3.8, 4) is 5.69 Å². The zero-order valence-corrected chi connectivity index (χ0v) is 11.8. The molecule has 104 valence electrons. The molecule has 2 aromatic rings. The zero-order valence-electron chi connectivity index (χ0n) is 11.8. The van der Waals surface area contributed by atoms with Crippen LogP contribution in [0, 0.1) is 18.8 Å². The Morgan fingerprint density at radius 1 is 1.10 bits per heavy atom. The summed E-state index contributed by atoms with van der Waals surface area (Å²) in [6, 6.07) is 10.5. The number of rotatable bonds is 2. The topological polar surface area (TPSA) is 33.1 Å². The normalized spacial score (nSPS) is 25.1. The smallest absolute Gasteiger partial charge is 0.210 e. The van der Waals surface area contributed by atoms with Crippen LogP contribution in [0.5, 0.6) is 0 Å². The molecule has 2 aliphatic heterocycles. The zero-order chi connectivity index (χ0) is 13.5. The van der Waals surface area contributed by atoms with E-state index >= 15 is 0 Å². The van der Waals surface area contributed by atoms with E-state index in [0.29, 0.717) is 0 Å². The maximum absolute atomic E-state index is 4.76. The van der Waals surface area contributed by atoms with E-state index < -0.39 is 0 Å². The SMILES string of the molecule is Cc1cn(-c2ccccc2)c(N2C[C@H]3CNC[C@H]3C2)n1. The summed E-state index contributed by atoms with van der Waals surface area (Å²) < 4.78 is 2.23. The lowest BCUT2D eigenvalue weighted by molar-refractivity contribution is 0.533. The maximum Gasteiger partial charge on any atom is 0.210 e. The van der Waals surface area contributed by atoms with E-state index in [1.54, 1.807) is 0 Å². The second-order valence-corrected chi connectivity index (χ2v) is 5.97. The molecule has 2 atom stereocenters. The Morgan fingerprint density at radius 2 is 1.80 bits per heavy atom. The molecule has 2 aliphatic rings. The number of anilines is 1. The van der Waals surface area contributed by atoms with Crippen LogP contribution < -0.4 is 10.2 Å². The van der Waals surface area contributed by atoms with Crippen molar-refractivity contribution in [2.75, 3.05) is 31.1 Å². The first-order valence-electron chi connectivity index (χ1n) is 7.38. The summed E-state index contributed by atoms with van der Waals surface area (Å²) in [4.78, 5) is 7.22. The molecule has 0 unspecified atom stereocenters. The second-order valence-electron chi connectivity index (χ2n) is 5.97. The van der Waals surface area contributed by atoms with Crippen LogP contribution in [-0.4, -0.2) is 35.7 Å². The Kier molecular flexibility index (Phi) is 2.77. The average molecular weight is 268 g/mol. The van der Waals surface area contributed by atoms with Gasteiger partial charge in [0.05, 0.1) is 5.69 Å². The van der Waals surface area contributed by atoms with Crippen LogP contribution in [0.3, 0.4) is 0 Å². The van der Waals surface area contributed by atoms with Crippen molar-refractivity contribution >= 4 is 5.95 Å². The van der Waals surface area contributed by atoms with Crippen LogP contribution in [0.4, 0.5) is 5.95 Å². The number of benzene rings is 1. The van der Waals surface area contributed by atoms with Crippen molar-refractivity contribution in [3.63, 3.8) is 0 Å². The molecule has 4 rings (SSSR count). The number of aromatic nitrogens is 2. The van der Waals surface area contributed by atoms with Crippen LogP contribution in [0.25, 0.3) is 5.69 Å². The Morgan fingerprint density at radius 3 is 2.50 bits per heavy atom. The van der Waals surface area contributed by atoms with Gasteiger partial charge in [-0.25, -0.2) is 4.98 Å². The Labute approximate surface area is 119 Å². The molecule has 0 amide bonds. The largest absolute Gasteiger partial charge is 0.341 e. The van der Waals surface area contributed by atoms with Gasteiger partial charge < -0.3 is 10.2 Å². The van der Waals surface area contributed by atoms with E-state index in [-0.39, 0.29) is 0 Å². The van der Waals surface area contributed by atoms with Gasteiger partial charge in [-0.2, -0.15) is 0 Å². The third kappa shape index (κ3) is 1.91. The van der Waals surface area contributed by atoms with Gasteiger partial charge in [0, 0.05) is 38.1 Å². The standard InChI is InChI=1S/C16H20N4/c1-12-9-20(15-5-3-2-4-6-15)16(18-12)19-10-13-7-17-8-14(13)11-19/h2-6,9,13-14,17H,7-8,10-11H2,1H3/t13-,14+. The van der Waals surface area contributed by atoms with Gasteiger partial charge in [0.25, 0.3) is 0 Å². The quantitative estimate of drug-likeness (QED) is 0.902. The Hall–Kier alpha value is -1.81. The van der Waals surface area contributed by atoms with Crippen molar-refractivity contribution in [3.05, 3.63) is 42.2 Å². The molecule has 0 saturated carbocycles. The first kappa shape index (κ1) is 12.0. The molecule has 0 aliphatic carbocycles. The second kappa shape index (κ2) is 4.63. The minimum Gasteiger partial charge on any atom is -0.341 e. The molecule has 0 bridgehead atoms. The molecule has 0 radical (unpaired) electrons. The molecule has 3 heterocycles. The van der Waals surface area contributed by atoms with Gasteiger partial charge in [-0.3, -0.25) is 4.57 Å². The minimum absolute atomic E-state index is 0.788. The van der Waals surface area contributed by atoms with Gasteiger partial charge in [0.15, 0.2) is 0 Å². The highest BCUT2D eigenvalue weighted by atomic mass is 15.3. The van der Waals surface area contributed by atoms with Gasteiger partial charge >= 0.3 is 0 Å². The lowest BCUT2D eigenvalue weighted by Gasteiger charge is -2.20. The van der Waals surface area contributed by atoms with E-state index in [0.717, 1.165) is 49.7 Å². The summed E-state index contributed by atoms with van der Waals surface area (Å²) >= 11 is 0. The lowest BCUT2D eigenvalue weighted by Crippen LogP contribution is -2.27. The van der Waals surface area contributed by atoms with Gasteiger partial charge in [0.2, 0.25) is 5.95 Å². The minimum atomic E-state index is 0.788. The van der Waals surface area contributed by atoms with Crippen molar-refractivity contribution in [1.82, 2.24) is 14.9 Å². The molecule has 4 heteroatoms. The summed E-state index contributed by atoms with van der Waals surface area (Å²) in [5.41, 5.74) is 2.28. The fraction of sp³-hybridized carbons (Fsp3) is 0.438. The van der Waals surface area contributed by atoms with E-state index in [1.165, 1.54) is 5.69 Å². The fourth-order valence-electron chi connectivity index (χ4n) is 3.51. The number of fused-ring (bicyclic) bond motifs is 1. The van der Waals surface area contributed by atoms with E-state index in [9.17, 15) is 0 Å². The Bertz CT molecular complexity index is 592. The molecule has 1 aromatic carbocycles. The van der Waals surface area contributed by atoms with Crippen LogP contribution in [0.2, 0.25) is 0 Å².